The molecule has 0 aliphatic carbocycles. The molecule has 19 heteroatoms. The molecule has 2 aromatic rings. The smallest absolute Gasteiger partial charge is 0.416 e. The largest absolute Gasteiger partial charge is 0.483 e. The van der Waals surface area contributed by atoms with Crippen molar-refractivity contribution in [2.45, 2.75) is 52.9 Å². The van der Waals surface area contributed by atoms with Crippen LogP contribution in [0, 0.1) is 11.6 Å². The Bertz CT molecular complexity index is 1350. The fraction of sp³-hybridized carbons (Fsp3) is 0.440. The van der Waals surface area contributed by atoms with Gasteiger partial charge in [0.25, 0.3) is 3.25 Å². The summed E-state index contributed by atoms with van der Waals surface area (Å²) in [4.78, 5) is 20.4. The Labute approximate surface area is 272 Å². The van der Waals surface area contributed by atoms with Gasteiger partial charge in [-0.1, -0.05) is 62.3 Å². The number of benzene rings is 2. The molecule has 2 aliphatic heterocycles. The van der Waals surface area contributed by atoms with Crippen molar-refractivity contribution in [2.24, 2.45) is 0 Å². The monoisotopic (exact) mass is 786 g/mol. The van der Waals surface area contributed by atoms with E-state index in [0.29, 0.717) is 18.2 Å². The van der Waals surface area contributed by atoms with Gasteiger partial charge in [0.05, 0.1) is 16.0 Å². The number of fused-ring (bicyclic) bond motifs is 2. The van der Waals surface area contributed by atoms with Crippen LogP contribution in [0.1, 0.15) is 40.9 Å². The molecule has 0 bridgehead atoms. The van der Waals surface area contributed by atoms with Crippen LogP contribution in [0.15, 0.2) is 24.3 Å². The molecule has 2 aromatic carbocycles. The lowest BCUT2D eigenvalue weighted by molar-refractivity contribution is -0.144. The summed E-state index contributed by atoms with van der Waals surface area (Å²) >= 11 is 22.4. The maximum atomic E-state index is 13.6. The summed E-state index contributed by atoms with van der Waals surface area (Å²) in [5.41, 5.74) is -2.44. The van der Waals surface area contributed by atoms with Gasteiger partial charge in [0.15, 0.2) is 23.1 Å². The molecule has 2 aliphatic rings. The van der Waals surface area contributed by atoms with E-state index in [-0.39, 0.29) is 30.8 Å². The molecular weight excluding hydrogens is 770 g/mol. The third-order valence-electron chi connectivity index (χ3n) is 5.48. The highest BCUT2D eigenvalue weighted by atomic mass is 79.9. The molecule has 2 heterocycles. The first-order valence-electron chi connectivity index (χ1n) is 11.8. The maximum absolute atomic E-state index is 13.6. The predicted molar refractivity (Wildman–Crippen MR) is 146 cm³/mol. The van der Waals surface area contributed by atoms with Crippen LogP contribution >= 0.6 is 62.3 Å². The van der Waals surface area contributed by atoms with Crippen LogP contribution in [0.25, 0.3) is 0 Å². The van der Waals surface area contributed by atoms with E-state index in [9.17, 15) is 44.7 Å². The minimum Gasteiger partial charge on any atom is -0.483 e. The summed E-state index contributed by atoms with van der Waals surface area (Å²) in [5, 5.41) is 0. The predicted octanol–water partition coefficient (Wildman–Crippen LogP) is 8.87. The van der Waals surface area contributed by atoms with Gasteiger partial charge in [0, 0.05) is 31.4 Å². The molecule has 4 rings (SSSR count). The van der Waals surface area contributed by atoms with E-state index in [1.54, 1.807) is 0 Å². The van der Waals surface area contributed by atoms with E-state index in [0.717, 1.165) is 13.0 Å². The molecule has 0 aromatic heterocycles. The second-order valence-electron chi connectivity index (χ2n) is 8.77. The van der Waals surface area contributed by atoms with E-state index >= 15 is 0 Å². The van der Waals surface area contributed by atoms with E-state index in [1.165, 1.54) is 6.92 Å². The number of hydrogen-bond acceptors (Lipinski definition) is 6. The number of rotatable bonds is 4. The summed E-state index contributed by atoms with van der Waals surface area (Å²) in [6.45, 7) is 1.86. The van der Waals surface area contributed by atoms with E-state index in [1.807, 2.05) is 0 Å². The first-order valence-corrected chi connectivity index (χ1v) is 14.2. The summed E-state index contributed by atoms with van der Waals surface area (Å²) in [6.07, 6.45) is -11.0. The van der Waals surface area contributed by atoms with Gasteiger partial charge in [-0.05, 0) is 24.3 Å². The van der Waals surface area contributed by atoms with Crippen LogP contribution in [0.2, 0.25) is 0 Å². The minimum atomic E-state index is -4.62. The van der Waals surface area contributed by atoms with Gasteiger partial charge in [0.2, 0.25) is 0 Å². The van der Waals surface area contributed by atoms with Gasteiger partial charge in [-0.3, -0.25) is 9.59 Å². The van der Waals surface area contributed by atoms with Gasteiger partial charge in [-0.25, -0.2) is 8.78 Å². The maximum Gasteiger partial charge on any atom is 0.416 e. The number of carbonyl (C=O) groups excluding carboxylic acids is 2. The SMILES string of the molecule is CC(=O)OCC1Cc2c(C(F)(F)F)ccc(F)c2O1.CC(=O)OCC1Oc2c(F)ccc(C(F)(F)F)c2C1Br.ClC(Cl)(Cl)Cl. The first-order chi connectivity index (χ1) is 20.0. The van der Waals surface area contributed by atoms with Crippen LogP contribution in [0.3, 0.4) is 0 Å². The van der Waals surface area contributed by atoms with Crippen molar-refractivity contribution in [3.8, 4) is 11.5 Å². The minimum absolute atomic E-state index is 0.144. The van der Waals surface area contributed by atoms with E-state index in [2.05, 4.69) is 20.7 Å². The zero-order valence-electron chi connectivity index (χ0n) is 22.0. The highest BCUT2D eigenvalue weighted by Crippen LogP contribution is 2.49. The second kappa shape index (κ2) is 15.1. The molecule has 246 valence electrons. The molecule has 0 spiro atoms. The fourth-order valence-electron chi connectivity index (χ4n) is 3.86. The van der Waals surface area contributed by atoms with Crippen molar-refractivity contribution in [2.75, 3.05) is 13.2 Å². The molecule has 0 N–H and O–H groups in total. The van der Waals surface area contributed by atoms with Crippen molar-refractivity contribution in [1.82, 2.24) is 0 Å². The Morgan fingerprint density at radius 1 is 0.818 bits per heavy atom. The van der Waals surface area contributed by atoms with Gasteiger partial charge in [0.1, 0.15) is 25.4 Å². The third-order valence-corrected chi connectivity index (χ3v) is 6.53. The number of carbonyl (C=O) groups is 2. The number of esters is 2. The lowest BCUT2D eigenvalue weighted by atomic mass is 10.0. The molecule has 0 saturated heterocycles. The van der Waals surface area contributed by atoms with Crippen molar-refractivity contribution in [1.29, 1.82) is 0 Å². The average Bonchev–Trinajstić information content (AvgIpc) is 3.42. The average molecular weight is 789 g/mol. The highest BCUT2D eigenvalue weighted by molar-refractivity contribution is 9.09. The van der Waals surface area contributed by atoms with Gasteiger partial charge in [-0.15, -0.1) is 0 Å². The molecule has 0 radical (unpaired) electrons. The zero-order valence-corrected chi connectivity index (χ0v) is 26.6. The van der Waals surface area contributed by atoms with Crippen molar-refractivity contribution in [3.63, 3.8) is 0 Å². The number of alkyl halides is 11. The summed E-state index contributed by atoms with van der Waals surface area (Å²) < 4.78 is 122. The molecule has 0 fully saturated rings. The summed E-state index contributed by atoms with van der Waals surface area (Å²) in [7, 11) is 0. The lowest BCUT2D eigenvalue weighted by Crippen LogP contribution is -2.24. The Kier molecular flexibility index (Phi) is 13.1. The van der Waals surface area contributed by atoms with Crippen LogP contribution in [0.5, 0.6) is 11.5 Å². The van der Waals surface area contributed by atoms with Crippen LogP contribution in [0.4, 0.5) is 35.1 Å². The lowest BCUT2D eigenvalue weighted by Gasteiger charge is -2.15. The molecule has 44 heavy (non-hydrogen) atoms. The van der Waals surface area contributed by atoms with Gasteiger partial charge >= 0.3 is 24.3 Å². The van der Waals surface area contributed by atoms with Gasteiger partial charge in [-0.2, -0.15) is 26.3 Å². The van der Waals surface area contributed by atoms with Crippen LogP contribution in [-0.2, 0) is 37.8 Å². The third kappa shape index (κ3) is 11.1. The number of ether oxygens (including phenoxy) is 4. The molecule has 0 amide bonds. The van der Waals surface area contributed by atoms with Crippen molar-refractivity contribution >= 4 is 74.3 Å². The van der Waals surface area contributed by atoms with Crippen LogP contribution < -0.4 is 9.47 Å². The second-order valence-corrected chi connectivity index (χ2v) is 13.2. The molecule has 0 saturated carbocycles. The normalized spacial score (nSPS) is 18.8. The van der Waals surface area contributed by atoms with E-state index < -0.39 is 78.8 Å². The van der Waals surface area contributed by atoms with Gasteiger partial charge < -0.3 is 18.9 Å². The molecule has 3 unspecified atom stereocenters. The Balaban J connectivity index is 0.000000267. The van der Waals surface area contributed by atoms with Crippen molar-refractivity contribution < 1.29 is 63.7 Å². The Morgan fingerprint density at radius 2 is 1.27 bits per heavy atom. The Morgan fingerprint density at radius 3 is 1.75 bits per heavy atom. The molecule has 6 nitrogen and oxygen atoms in total. The number of hydrogen-bond donors (Lipinski definition) is 0. The quantitative estimate of drug-likeness (QED) is 0.175. The topological polar surface area (TPSA) is 71.1 Å². The number of halogens is 13. The molecule has 3 atom stereocenters. The summed E-state index contributed by atoms with van der Waals surface area (Å²) in [5.74, 6) is -3.78. The van der Waals surface area contributed by atoms with E-state index in [4.69, 9.17) is 60.6 Å². The fourth-order valence-corrected chi connectivity index (χ4v) is 4.58. The van der Waals surface area contributed by atoms with Crippen LogP contribution in [-0.4, -0.2) is 40.6 Å². The van der Waals surface area contributed by atoms with Crippen molar-refractivity contribution in [3.05, 3.63) is 58.2 Å². The standard InChI is InChI=1S/C12H9BrF4O3.C12H10F4O3.CCl4/c1-5(18)19-4-8-10(13)9-6(12(15,16)17)2-3-7(14)11(9)20-8;1-6(17)18-5-7-4-8-9(12(14,15)16)2-3-10(13)11(8)19-7;2-1(3,4)5/h2-3,8,10H,4H2,1H3;2-3,7H,4-5H2,1H3;. The Hall–Kier alpha value is -1.94. The zero-order chi connectivity index (χ0) is 33.8. The first kappa shape index (κ1) is 38.2. The summed E-state index contributed by atoms with van der Waals surface area (Å²) in [6, 6.07) is 2.77. The highest BCUT2D eigenvalue weighted by Gasteiger charge is 2.44. The molecular formula is C25H19BrCl4F8O6.